The molecule has 1 rings (SSSR count). The summed E-state index contributed by atoms with van der Waals surface area (Å²) in [6.45, 7) is 0. The lowest BCUT2D eigenvalue weighted by atomic mass is 10.0. The van der Waals surface area contributed by atoms with Gasteiger partial charge in [-0.25, -0.2) is 4.79 Å². The predicted molar refractivity (Wildman–Crippen MR) is 63.9 cm³/mol. The van der Waals surface area contributed by atoms with E-state index in [2.05, 4.69) is 4.74 Å². The second-order valence-electron chi connectivity index (χ2n) is 3.46. The van der Waals surface area contributed by atoms with E-state index in [4.69, 9.17) is 21.1 Å². The number of esters is 1. The monoisotopic (exact) mass is 258 g/mol. The molecule has 4 nitrogen and oxygen atoms in total. The molecule has 94 valence electrons. The van der Waals surface area contributed by atoms with Gasteiger partial charge in [0, 0.05) is 25.7 Å². The molecular formula is C12H15ClO4. The van der Waals surface area contributed by atoms with Gasteiger partial charge in [0.15, 0.2) is 0 Å². The number of rotatable bonds is 5. The van der Waals surface area contributed by atoms with Crippen LogP contribution in [0, 0.1) is 0 Å². The van der Waals surface area contributed by atoms with Gasteiger partial charge in [0.2, 0.25) is 0 Å². The standard InChI is InChI=1S/C12H15ClO4/c1-15-11(14)12(16-2,17-3)8-9-4-6-10(13)7-5-9/h4-7H,8H2,1-3H3. The minimum Gasteiger partial charge on any atom is -0.465 e. The number of methoxy groups -OCH3 is 3. The third-order valence-corrected chi connectivity index (χ3v) is 2.76. The molecule has 1 aromatic carbocycles. The summed E-state index contributed by atoms with van der Waals surface area (Å²) in [5.74, 6) is -1.99. The first-order valence-corrected chi connectivity index (χ1v) is 5.39. The maximum Gasteiger partial charge on any atom is 0.366 e. The van der Waals surface area contributed by atoms with Gasteiger partial charge in [-0.15, -0.1) is 0 Å². The molecule has 0 aliphatic heterocycles. The van der Waals surface area contributed by atoms with E-state index in [-0.39, 0.29) is 6.42 Å². The number of ether oxygens (including phenoxy) is 3. The number of carbonyl (C=O) groups excluding carboxylic acids is 1. The molecule has 0 aliphatic carbocycles. The van der Waals surface area contributed by atoms with Crippen molar-refractivity contribution in [2.75, 3.05) is 21.3 Å². The molecule has 0 atom stereocenters. The highest BCUT2D eigenvalue weighted by Crippen LogP contribution is 2.21. The van der Waals surface area contributed by atoms with E-state index in [0.717, 1.165) is 5.56 Å². The summed E-state index contributed by atoms with van der Waals surface area (Å²) in [6.07, 6.45) is 0.254. The Labute approximate surface area is 105 Å². The fourth-order valence-electron chi connectivity index (χ4n) is 1.49. The van der Waals surface area contributed by atoms with Crippen molar-refractivity contribution in [1.82, 2.24) is 0 Å². The number of carbonyl (C=O) groups is 1. The van der Waals surface area contributed by atoms with Crippen molar-refractivity contribution in [1.29, 1.82) is 0 Å². The highest BCUT2D eigenvalue weighted by Gasteiger charge is 2.40. The van der Waals surface area contributed by atoms with Crippen LogP contribution in [0.3, 0.4) is 0 Å². The molecule has 0 heterocycles. The minimum atomic E-state index is -1.41. The van der Waals surface area contributed by atoms with E-state index in [1.165, 1.54) is 21.3 Å². The van der Waals surface area contributed by atoms with Crippen LogP contribution in [0.1, 0.15) is 5.56 Å². The molecule has 0 aliphatic rings. The molecule has 0 saturated heterocycles. The van der Waals surface area contributed by atoms with Gasteiger partial charge in [0.05, 0.1) is 7.11 Å². The molecular weight excluding hydrogens is 244 g/mol. The molecule has 0 amide bonds. The van der Waals surface area contributed by atoms with Crippen molar-refractivity contribution in [3.8, 4) is 0 Å². The Morgan fingerprint density at radius 1 is 1.18 bits per heavy atom. The first-order chi connectivity index (χ1) is 8.07. The van der Waals surface area contributed by atoms with Gasteiger partial charge in [0.25, 0.3) is 5.79 Å². The number of benzene rings is 1. The van der Waals surface area contributed by atoms with E-state index >= 15 is 0 Å². The lowest BCUT2D eigenvalue weighted by Gasteiger charge is -2.27. The van der Waals surface area contributed by atoms with Gasteiger partial charge in [-0.3, -0.25) is 0 Å². The van der Waals surface area contributed by atoms with Crippen LogP contribution in [0.4, 0.5) is 0 Å². The average Bonchev–Trinajstić information content (AvgIpc) is 2.37. The zero-order chi connectivity index (χ0) is 12.9. The van der Waals surface area contributed by atoms with Crippen LogP contribution in [-0.4, -0.2) is 33.1 Å². The topological polar surface area (TPSA) is 44.8 Å². The Morgan fingerprint density at radius 2 is 1.71 bits per heavy atom. The molecule has 0 radical (unpaired) electrons. The lowest BCUT2D eigenvalue weighted by Crippen LogP contribution is -2.45. The molecule has 0 fully saturated rings. The fourth-order valence-corrected chi connectivity index (χ4v) is 1.62. The molecule has 0 unspecified atom stereocenters. The van der Waals surface area contributed by atoms with Crippen LogP contribution in [0.2, 0.25) is 5.02 Å². The van der Waals surface area contributed by atoms with Crippen LogP contribution in [0.5, 0.6) is 0 Å². The fraction of sp³-hybridized carbons (Fsp3) is 0.417. The minimum absolute atomic E-state index is 0.254. The van der Waals surface area contributed by atoms with Crippen LogP contribution in [0.15, 0.2) is 24.3 Å². The summed E-state index contributed by atoms with van der Waals surface area (Å²) >= 11 is 5.79. The quantitative estimate of drug-likeness (QED) is 0.599. The van der Waals surface area contributed by atoms with E-state index in [1.54, 1.807) is 24.3 Å². The number of hydrogen-bond acceptors (Lipinski definition) is 4. The van der Waals surface area contributed by atoms with Crippen molar-refractivity contribution >= 4 is 17.6 Å². The Hall–Kier alpha value is -1.10. The largest absolute Gasteiger partial charge is 0.465 e. The van der Waals surface area contributed by atoms with Crippen molar-refractivity contribution in [2.24, 2.45) is 0 Å². The van der Waals surface area contributed by atoms with E-state index < -0.39 is 11.8 Å². The van der Waals surface area contributed by atoms with Gasteiger partial charge in [-0.05, 0) is 17.7 Å². The van der Waals surface area contributed by atoms with Gasteiger partial charge >= 0.3 is 5.97 Å². The van der Waals surface area contributed by atoms with E-state index in [0.29, 0.717) is 5.02 Å². The van der Waals surface area contributed by atoms with Crippen LogP contribution in [0.25, 0.3) is 0 Å². The Balaban J connectivity index is 2.93. The SMILES string of the molecule is COC(=O)C(Cc1ccc(Cl)cc1)(OC)OC. The molecule has 0 saturated carbocycles. The first kappa shape index (κ1) is 14.0. The van der Waals surface area contributed by atoms with Crippen LogP contribution in [-0.2, 0) is 25.4 Å². The van der Waals surface area contributed by atoms with E-state index in [9.17, 15) is 4.79 Å². The molecule has 1 aromatic rings. The zero-order valence-corrected chi connectivity index (χ0v) is 10.8. The van der Waals surface area contributed by atoms with Crippen LogP contribution < -0.4 is 0 Å². The third kappa shape index (κ3) is 3.19. The summed E-state index contributed by atoms with van der Waals surface area (Å²) in [5, 5.41) is 0.632. The summed E-state index contributed by atoms with van der Waals surface area (Å²) in [6, 6.07) is 7.09. The van der Waals surface area contributed by atoms with Crippen LogP contribution >= 0.6 is 11.6 Å². The third-order valence-electron chi connectivity index (χ3n) is 2.51. The second kappa shape index (κ2) is 6.00. The average molecular weight is 259 g/mol. The van der Waals surface area contributed by atoms with Gasteiger partial charge in [-0.1, -0.05) is 23.7 Å². The van der Waals surface area contributed by atoms with Gasteiger partial charge in [0.1, 0.15) is 0 Å². The smallest absolute Gasteiger partial charge is 0.366 e. The predicted octanol–water partition coefficient (Wildman–Crippen LogP) is 2.04. The second-order valence-corrected chi connectivity index (χ2v) is 3.89. The first-order valence-electron chi connectivity index (χ1n) is 5.01. The molecule has 17 heavy (non-hydrogen) atoms. The molecule has 5 heteroatoms. The lowest BCUT2D eigenvalue weighted by molar-refractivity contribution is -0.227. The van der Waals surface area contributed by atoms with Crippen molar-refractivity contribution in [2.45, 2.75) is 12.2 Å². The highest BCUT2D eigenvalue weighted by molar-refractivity contribution is 6.30. The number of halogens is 1. The summed E-state index contributed by atoms with van der Waals surface area (Å²) < 4.78 is 15.0. The van der Waals surface area contributed by atoms with Gasteiger partial charge in [-0.2, -0.15) is 0 Å². The Kier molecular flexibility index (Phi) is 4.93. The molecule has 0 spiro atoms. The highest BCUT2D eigenvalue weighted by atomic mass is 35.5. The summed E-state index contributed by atoms with van der Waals surface area (Å²) in [4.78, 5) is 11.7. The molecule has 0 N–H and O–H groups in total. The number of hydrogen-bond donors (Lipinski definition) is 0. The van der Waals surface area contributed by atoms with Crippen molar-refractivity contribution in [3.05, 3.63) is 34.9 Å². The zero-order valence-electron chi connectivity index (χ0n) is 10.0. The normalized spacial score (nSPS) is 11.3. The maximum atomic E-state index is 11.7. The Morgan fingerprint density at radius 3 is 2.12 bits per heavy atom. The van der Waals surface area contributed by atoms with E-state index in [1.807, 2.05) is 0 Å². The summed E-state index contributed by atoms with van der Waals surface area (Å²) in [7, 11) is 4.09. The van der Waals surface area contributed by atoms with Crippen molar-refractivity contribution in [3.63, 3.8) is 0 Å². The van der Waals surface area contributed by atoms with Crippen molar-refractivity contribution < 1.29 is 19.0 Å². The maximum absolute atomic E-state index is 11.7. The molecule has 0 bridgehead atoms. The summed E-state index contributed by atoms with van der Waals surface area (Å²) in [5.41, 5.74) is 0.864. The molecule has 0 aromatic heterocycles. The Bertz CT molecular complexity index is 371. The van der Waals surface area contributed by atoms with Gasteiger partial charge < -0.3 is 14.2 Å².